The van der Waals surface area contributed by atoms with Crippen molar-refractivity contribution in [2.24, 2.45) is 4.99 Å². The minimum absolute atomic E-state index is 0. The third-order valence-electron chi connectivity index (χ3n) is 4.31. The monoisotopic (exact) mass is 559 g/mol. The summed E-state index contributed by atoms with van der Waals surface area (Å²) in [5.74, 6) is 1.19. The first-order chi connectivity index (χ1) is 12.0. The van der Waals surface area contributed by atoms with E-state index in [1.165, 1.54) is 12.1 Å². The van der Waals surface area contributed by atoms with Gasteiger partial charge in [0.25, 0.3) is 0 Å². The Morgan fingerprint density at radius 3 is 2.77 bits per heavy atom. The van der Waals surface area contributed by atoms with Crippen LogP contribution in [0.4, 0.5) is 4.39 Å². The Morgan fingerprint density at radius 1 is 1.35 bits per heavy atom. The first-order valence-electron chi connectivity index (χ1n) is 8.88. The second kappa shape index (κ2) is 12.3. The lowest BCUT2D eigenvalue weighted by molar-refractivity contribution is 0.413. The number of nitrogens with zero attached hydrogens (tertiary/aromatic N) is 1. The van der Waals surface area contributed by atoms with Crippen molar-refractivity contribution < 1.29 is 8.60 Å². The molecular formula is C18H28BrFIN3OS. The van der Waals surface area contributed by atoms with E-state index in [9.17, 15) is 8.60 Å². The molecule has 0 aromatic heterocycles. The molecule has 1 fully saturated rings. The second-order valence-electron chi connectivity index (χ2n) is 6.27. The second-order valence-corrected chi connectivity index (χ2v) is 9.19. The molecule has 3 atom stereocenters. The molecule has 1 aliphatic rings. The molecular weight excluding hydrogens is 532 g/mol. The molecule has 148 valence electrons. The normalized spacial score (nSPS) is 21.6. The molecule has 8 heteroatoms. The molecule has 3 unspecified atom stereocenters. The molecule has 1 aromatic carbocycles. The highest BCUT2D eigenvalue weighted by molar-refractivity contribution is 14.0. The van der Waals surface area contributed by atoms with E-state index in [4.69, 9.17) is 0 Å². The van der Waals surface area contributed by atoms with Crippen LogP contribution in [0.25, 0.3) is 0 Å². The molecule has 0 spiro atoms. The fourth-order valence-electron chi connectivity index (χ4n) is 3.14. The van der Waals surface area contributed by atoms with Crippen LogP contribution in [0, 0.1) is 5.82 Å². The summed E-state index contributed by atoms with van der Waals surface area (Å²) in [4.78, 5) is 4.58. The average Bonchev–Trinajstić information content (AvgIpc) is 2.58. The van der Waals surface area contributed by atoms with Gasteiger partial charge in [0, 0.05) is 38.9 Å². The van der Waals surface area contributed by atoms with Gasteiger partial charge < -0.3 is 10.6 Å². The van der Waals surface area contributed by atoms with Crippen molar-refractivity contribution in [1.29, 1.82) is 0 Å². The lowest BCUT2D eigenvalue weighted by Crippen LogP contribution is -2.46. The highest BCUT2D eigenvalue weighted by Crippen LogP contribution is 2.23. The van der Waals surface area contributed by atoms with Gasteiger partial charge in [-0.1, -0.05) is 29.3 Å². The van der Waals surface area contributed by atoms with E-state index in [0.29, 0.717) is 11.0 Å². The summed E-state index contributed by atoms with van der Waals surface area (Å²) >= 11 is 3.31. The summed E-state index contributed by atoms with van der Waals surface area (Å²) in [6.45, 7) is 5.17. The molecule has 0 saturated heterocycles. The Labute approximate surface area is 183 Å². The molecule has 0 aliphatic heterocycles. The molecule has 1 aromatic rings. The fraction of sp³-hybridized carbons (Fsp3) is 0.611. The van der Waals surface area contributed by atoms with Crippen LogP contribution in [0.2, 0.25) is 0 Å². The molecule has 26 heavy (non-hydrogen) atoms. The van der Waals surface area contributed by atoms with Crippen LogP contribution in [-0.2, 0) is 17.3 Å². The van der Waals surface area contributed by atoms with Crippen LogP contribution in [-0.4, -0.2) is 33.8 Å². The maximum Gasteiger partial charge on any atom is 0.191 e. The fourth-order valence-corrected chi connectivity index (χ4v) is 5.00. The van der Waals surface area contributed by atoms with Gasteiger partial charge in [-0.2, -0.15) is 0 Å². The van der Waals surface area contributed by atoms with Crippen LogP contribution in [0.5, 0.6) is 0 Å². The van der Waals surface area contributed by atoms with Crippen LogP contribution in [0.3, 0.4) is 0 Å². The summed E-state index contributed by atoms with van der Waals surface area (Å²) in [7, 11) is -0.739. The van der Waals surface area contributed by atoms with E-state index < -0.39 is 10.8 Å². The van der Waals surface area contributed by atoms with Gasteiger partial charge in [0.15, 0.2) is 5.96 Å². The highest BCUT2D eigenvalue weighted by Gasteiger charge is 2.26. The molecule has 0 amide bonds. The van der Waals surface area contributed by atoms with Gasteiger partial charge in [-0.25, -0.2) is 9.38 Å². The molecule has 1 saturated carbocycles. The van der Waals surface area contributed by atoms with Crippen LogP contribution < -0.4 is 10.6 Å². The largest absolute Gasteiger partial charge is 0.357 e. The van der Waals surface area contributed by atoms with Gasteiger partial charge in [0.1, 0.15) is 5.82 Å². The van der Waals surface area contributed by atoms with E-state index in [1.54, 1.807) is 0 Å². The van der Waals surface area contributed by atoms with Crippen molar-refractivity contribution in [3.8, 4) is 0 Å². The Morgan fingerprint density at radius 2 is 2.12 bits per heavy atom. The van der Waals surface area contributed by atoms with E-state index in [0.717, 1.165) is 49.5 Å². The van der Waals surface area contributed by atoms with Crippen molar-refractivity contribution >= 4 is 56.7 Å². The molecule has 0 bridgehead atoms. The highest BCUT2D eigenvalue weighted by atomic mass is 127. The Hall–Kier alpha value is -0.220. The summed E-state index contributed by atoms with van der Waals surface area (Å²) in [5.41, 5.74) is 0.817. The lowest BCUT2D eigenvalue weighted by atomic mass is 9.95. The van der Waals surface area contributed by atoms with Crippen LogP contribution in [0.15, 0.2) is 27.7 Å². The molecule has 2 N–H and O–H groups in total. The van der Waals surface area contributed by atoms with E-state index >= 15 is 0 Å². The average molecular weight is 560 g/mol. The first-order valence-corrected chi connectivity index (χ1v) is 11.1. The zero-order chi connectivity index (χ0) is 18.2. The van der Waals surface area contributed by atoms with Crippen molar-refractivity contribution in [2.45, 2.75) is 57.4 Å². The minimum Gasteiger partial charge on any atom is -0.357 e. The number of benzene rings is 1. The molecule has 0 heterocycles. The van der Waals surface area contributed by atoms with E-state index in [-0.39, 0.29) is 41.1 Å². The smallest absolute Gasteiger partial charge is 0.191 e. The predicted molar refractivity (Wildman–Crippen MR) is 122 cm³/mol. The van der Waals surface area contributed by atoms with Crippen molar-refractivity contribution in [2.75, 3.05) is 12.3 Å². The maximum absolute atomic E-state index is 13.5. The Kier molecular flexibility index (Phi) is 11.2. The quantitative estimate of drug-likeness (QED) is 0.310. The number of aliphatic imine (C=N–C) groups is 1. The predicted octanol–water partition coefficient (Wildman–Crippen LogP) is 4.34. The van der Waals surface area contributed by atoms with Crippen LogP contribution in [0.1, 0.15) is 45.1 Å². The van der Waals surface area contributed by atoms with Gasteiger partial charge in [-0.05, 0) is 49.9 Å². The van der Waals surface area contributed by atoms with Crippen molar-refractivity contribution in [3.63, 3.8) is 0 Å². The van der Waals surface area contributed by atoms with Gasteiger partial charge >= 0.3 is 0 Å². The van der Waals surface area contributed by atoms with Crippen molar-refractivity contribution in [1.82, 2.24) is 10.6 Å². The number of halogens is 3. The zero-order valence-corrected chi connectivity index (χ0v) is 20.0. The topological polar surface area (TPSA) is 53.5 Å². The summed E-state index contributed by atoms with van der Waals surface area (Å²) in [5, 5.41) is 6.99. The standard InChI is InChI=1S/C18H27BrFN3OS.HI/c1-3-21-18(22-12-13-8-14(19)10-15(20)9-13)23-16-6-5-7-17(11-16)25(24)4-2;/h8-10,16-17H,3-7,11-12H2,1-2H3,(H2,21,22,23);1H. The summed E-state index contributed by atoms with van der Waals surface area (Å²) < 4.78 is 26.3. The molecule has 0 radical (unpaired) electrons. The number of hydrogen-bond donors (Lipinski definition) is 2. The maximum atomic E-state index is 13.5. The van der Waals surface area contributed by atoms with Gasteiger partial charge in [0.2, 0.25) is 0 Å². The van der Waals surface area contributed by atoms with E-state index in [1.807, 2.05) is 19.9 Å². The molecule has 4 nitrogen and oxygen atoms in total. The number of nitrogens with one attached hydrogen (secondary N) is 2. The summed E-state index contributed by atoms with van der Waals surface area (Å²) in [6, 6.07) is 5.09. The van der Waals surface area contributed by atoms with E-state index in [2.05, 4.69) is 31.6 Å². The third kappa shape index (κ3) is 7.80. The van der Waals surface area contributed by atoms with Gasteiger partial charge in [0.05, 0.1) is 6.54 Å². The first kappa shape index (κ1) is 23.8. The third-order valence-corrected chi connectivity index (χ3v) is 6.51. The molecule has 1 aliphatic carbocycles. The van der Waals surface area contributed by atoms with Gasteiger partial charge in [-0.15, -0.1) is 24.0 Å². The Bertz CT molecular complexity index is 612. The van der Waals surface area contributed by atoms with Crippen molar-refractivity contribution in [3.05, 3.63) is 34.1 Å². The SMILES string of the molecule is CCNC(=NCc1cc(F)cc(Br)c1)NC1CCCC(S(=O)CC)C1.I. The molecule has 2 rings (SSSR count). The van der Waals surface area contributed by atoms with Crippen LogP contribution >= 0.6 is 39.9 Å². The minimum atomic E-state index is -0.739. The number of hydrogen-bond acceptors (Lipinski definition) is 2. The lowest BCUT2D eigenvalue weighted by Gasteiger charge is -2.30. The van der Waals surface area contributed by atoms with Gasteiger partial charge in [-0.3, -0.25) is 4.21 Å². The Balaban J connectivity index is 0.00000338. The number of guanidine groups is 1. The zero-order valence-electron chi connectivity index (χ0n) is 15.3. The summed E-state index contributed by atoms with van der Waals surface area (Å²) in [6.07, 6.45) is 4.11. The number of rotatable bonds is 6.